The van der Waals surface area contributed by atoms with Crippen LogP contribution in [0.25, 0.3) is 0 Å². The van der Waals surface area contributed by atoms with Crippen molar-refractivity contribution >= 4 is 5.91 Å². The Hall–Kier alpha value is -0.610. The summed E-state index contributed by atoms with van der Waals surface area (Å²) in [6.07, 6.45) is 2.98. The average molecular weight is 225 g/mol. The highest BCUT2D eigenvalue weighted by Crippen LogP contribution is 2.28. The average Bonchev–Trinajstić information content (AvgIpc) is 2.84. The Balaban J connectivity index is 1.73. The SMILES string of the molecule is CC1(CN)CCN(CCN2CCCC2=O)C1. The predicted octanol–water partition coefficient (Wildman–Crippen LogP) is 0.280. The lowest BCUT2D eigenvalue weighted by Crippen LogP contribution is -2.37. The van der Waals surface area contributed by atoms with Crippen LogP contribution < -0.4 is 5.73 Å². The standard InChI is InChI=1S/C12H23N3O/c1-12(9-13)4-6-14(10-12)7-8-15-5-2-3-11(15)16/h2-10,13H2,1H3. The van der Waals surface area contributed by atoms with Crippen molar-refractivity contribution in [2.75, 3.05) is 39.3 Å². The number of carbonyl (C=O) groups excluding carboxylic acids is 1. The first-order valence-corrected chi connectivity index (χ1v) is 6.33. The van der Waals surface area contributed by atoms with Crippen LogP contribution in [-0.2, 0) is 4.79 Å². The maximum absolute atomic E-state index is 11.5. The van der Waals surface area contributed by atoms with E-state index < -0.39 is 0 Å². The number of nitrogens with two attached hydrogens (primary N) is 1. The fourth-order valence-corrected chi connectivity index (χ4v) is 2.69. The smallest absolute Gasteiger partial charge is 0.222 e. The molecule has 16 heavy (non-hydrogen) atoms. The molecule has 2 aliphatic heterocycles. The summed E-state index contributed by atoms with van der Waals surface area (Å²) in [6.45, 7) is 8.13. The van der Waals surface area contributed by atoms with E-state index in [4.69, 9.17) is 5.73 Å². The first-order chi connectivity index (χ1) is 7.63. The summed E-state index contributed by atoms with van der Waals surface area (Å²) in [5, 5.41) is 0. The van der Waals surface area contributed by atoms with Crippen molar-refractivity contribution in [3.05, 3.63) is 0 Å². The van der Waals surface area contributed by atoms with Gasteiger partial charge in [-0.15, -0.1) is 0 Å². The molecule has 2 rings (SSSR count). The number of rotatable bonds is 4. The van der Waals surface area contributed by atoms with Gasteiger partial charge >= 0.3 is 0 Å². The van der Waals surface area contributed by atoms with Crippen molar-refractivity contribution in [3.63, 3.8) is 0 Å². The first kappa shape index (κ1) is 11.9. The monoisotopic (exact) mass is 225 g/mol. The second-order valence-electron chi connectivity index (χ2n) is 5.53. The molecule has 2 saturated heterocycles. The molecule has 0 radical (unpaired) electrons. The quantitative estimate of drug-likeness (QED) is 0.747. The predicted molar refractivity (Wildman–Crippen MR) is 64.0 cm³/mol. The molecule has 0 aromatic heterocycles. The molecule has 0 bridgehead atoms. The lowest BCUT2D eigenvalue weighted by molar-refractivity contribution is -0.127. The minimum absolute atomic E-state index is 0.301. The van der Waals surface area contributed by atoms with Gasteiger partial charge in [-0.05, 0) is 31.3 Å². The van der Waals surface area contributed by atoms with Crippen LogP contribution >= 0.6 is 0 Å². The van der Waals surface area contributed by atoms with Crippen LogP contribution in [0.5, 0.6) is 0 Å². The van der Waals surface area contributed by atoms with Gasteiger partial charge in [0, 0.05) is 32.6 Å². The Morgan fingerprint density at radius 3 is 2.75 bits per heavy atom. The molecule has 4 heteroatoms. The molecular formula is C12H23N3O. The summed E-state index contributed by atoms with van der Waals surface area (Å²) in [6, 6.07) is 0. The molecule has 1 unspecified atom stereocenters. The van der Waals surface area contributed by atoms with Gasteiger partial charge in [-0.25, -0.2) is 0 Å². The third-order valence-corrected chi connectivity index (χ3v) is 3.99. The zero-order valence-corrected chi connectivity index (χ0v) is 10.2. The fourth-order valence-electron chi connectivity index (χ4n) is 2.69. The Morgan fingerprint density at radius 1 is 1.38 bits per heavy atom. The fraction of sp³-hybridized carbons (Fsp3) is 0.917. The molecule has 0 aromatic carbocycles. The highest BCUT2D eigenvalue weighted by molar-refractivity contribution is 5.78. The van der Waals surface area contributed by atoms with E-state index in [0.29, 0.717) is 11.3 Å². The zero-order valence-electron chi connectivity index (χ0n) is 10.2. The second kappa shape index (κ2) is 4.72. The van der Waals surface area contributed by atoms with E-state index in [1.165, 1.54) is 6.42 Å². The molecule has 2 fully saturated rings. The van der Waals surface area contributed by atoms with E-state index in [2.05, 4.69) is 11.8 Å². The molecular weight excluding hydrogens is 202 g/mol. The number of hydrogen-bond donors (Lipinski definition) is 1. The van der Waals surface area contributed by atoms with E-state index in [-0.39, 0.29) is 0 Å². The second-order valence-corrected chi connectivity index (χ2v) is 5.53. The number of carbonyl (C=O) groups is 1. The van der Waals surface area contributed by atoms with Gasteiger partial charge in [0.2, 0.25) is 5.91 Å². The molecule has 2 N–H and O–H groups in total. The highest BCUT2D eigenvalue weighted by atomic mass is 16.2. The van der Waals surface area contributed by atoms with E-state index in [9.17, 15) is 4.79 Å². The van der Waals surface area contributed by atoms with E-state index in [0.717, 1.165) is 52.1 Å². The zero-order chi connectivity index (χ0) is 11.6. The van der Waals surface area contributed by atoms with Crippen LogP contribution in [0.4, 0.5) is 0 Å². The third-order valence-electron chi connectivity index (χ3n) is 3.99. The number of hydrogen-bond acceptors (Lipinski definition) is 3. The van der Waals surface area contributed by atoms with Crippen LogP contribution in [-0.4, -0.2) is 55.0 Å². The molecule has 92 valence electrons. The summed E-state index contributed by atoms with van der Waals surface area (Å²) < 4.78 is 0. The van der Waals surface area contributed by atoms with Crippen molar-refractivity contribution in [3.8, 4) is 0 Å². The maximum Gasteiger partial charge on any atom is 0.222 e. The molecule has 0 aliphatic carbocycles. The number of nitrogens with zero attached hydrogens (tertiary/aromatic N) is 2. The molecule has 4 nitrogen and oxygen atoms in total. The van der Waals surface area contributed by atoms with Crippen LogP contribution in [0, 0.1) is 5.41 Å². The topological polar surface area (TPSA) is 49.6 Å². The summed E-state index contributed by atoms with van der Waals surface area (Å²) in [5.41, 5.74) is 6.08. The van der Waals surface area contributed by atoms with Crippen LogP contribution in [0.15, 0.2) is 0 Å². The van der Waals surface area contributed by atoms with Crippen LogP contribution in [0.3, 0.4) is 0 Å². The van der Waals surface area contributed by atoms with Crippen LogP contribution in [0.1, 0.15) is 26.2 Å². The minimum atomic E-state index is 0.301. The van der Waals surface area contributed by atoms with Gasteiger partial charge in [-0.1, -0.05) is 6.92 Å². The summed E-state index contributed by atoms with van der Waals surface area (Å²) >= 11 is 0. The molecule has 0 aromatic rings. The molecule has 2 aliphatic rings. The van der Waals surface area contributed by atoms with Gasteiger partial charge in [-0.3, -0.25) is 4.79 Å². The third kappa shape index (κ3) is 2.55. The maximum atomic E-state index is 11.5. The summed E-state index contributed by atoms with van der Waals surface area (Å²) in [4.78, 5) is 15.9. The molecule has 2 heterocycles. The highest BCUT2D eigenvalue weighted by Gasteiger charge is 2.32. The normalized spacial score (nSPS) is 31.6. The molecule has 0 saturated carbocycles. The van der Waals surface area contributed by atoms with Gasteiger partial charge in [-0.2, -0.15) is 0 Å². The van der Waals surface area contributed by atoms with Crippen molar-refractivity contribution in [2.45, 2.75) is 26.2 Å². The molecule has 1 atom stereocenters. The van der Waals surface area contributed by atoms with Gasteiger partial charge < -0.3 is 15.5 Å². The van der Waals surface area contributed by atoms with Crippen molar-refractivity contribution in [2.24, 2.45) is 11.1 Å². The Bertz CT molecular complexity index is 269. The molecule has 1 amide bonds. The lowest BCUT2D eigenvalue weighted by Gasteiger charge is -2.24. The van der Waals surface area contributed by atoms with E-state index in [1.54, 1.807) is 0 Å². The van der Waals surface area contributed by atoms with E-state index in [1.807, 2.05) is 4.90 Å². The van der Waals surface area contributed by atoms with Gasteiger partial charge in [0.25, 0.3) is 0 Å². The lowest BCUT2D eigenvalue weighted by atomic mass is 9.90. The van der Waals surface area contributed by atoms with Gasteiger partial charge in [0.15, 0.2) is 0 Å². The number of amides is 1. The van der Waals surface area contributed by atoms with Crippen molar-refractivity contribution in [1.29, 1.82) is 0 Å². The first-order valence-electron chi connectivity index (χ1n) is 6.33. The van der Waals surface area contributed by atoms with Gasteiger partial charge in [0.1, 0.15) is 0 Å². The Morgan fingerprint density at radius 2 is 2.19 bits per heavy atom. The summed E-state index contributed by atoms with van der Waals surface area (Å²) in [7, 11) is 0. The van der Waals surface area contributed by atoms with Gasteiger partial charge in [0.05, 0.1) is 0 Å². The van der Waals surface area contributed by atoms with Crippen LogP contribution in [0.2, 0.25) is 0 Å². The van der Waals surface area contributed by atoms with Crippen molar-refractivity contribution in [1.82, 2.24) is 9.80 Å². The van der Waals surface area contributed by atoms with E-state index >= 15 is 0 Å². The largest absolute Gasteiger partial charge is 0.341 e. The number of likely N-dealkylation sites (tertiary alicyclic amines) is 2. The Labute approximate surface area is 97.8 Å². The molecule has 0 spiro atoms. The minimum Gasteiger partial charge on any atom is -0.341 e. The van der Waals surface area contributed by atoms with Crippen molar-refractivity contribution < 1.29 is 4.79 Å². The summed E-state index contributed by atoms with van der Waals surface area (Å²) in [5.74, 6) is 0.334. The Kier molecular flexibility index (Phi) is 3.50.